The highest BCUT2D eigenvalue weighted by molar-refractivity contribution is 5.95. The molecule has 0 saturated heterocycles. The van der Waals surface area contributed by atoms with E-state index in [9.17, 15) is 18.0 Å². The molecule has 0 amide bonds. The molecule has 2 rings (SSSR count). The van der Waals surface area contributed by atoms with Gasteiger partial charge in [0.2, 0.25) is 0 Å². The monoisotopic (exact) mass is 295 g/mol. The van der Waals surface area contributed by atoms with Crippen molar-refractivity contribution < 1.29 is 23.1 Å². The Hall–Kier alpha value is -2.50. The lowest BCUT2D eigenvalue weighted by Crippen LogP contribution is -2.04. The number of hydrogen-bond donors (Lipinski definition) is 2. The molecule has 2 N–H and O–H groups in total. The van der Waals surface area contributed by atoms with Gasteiger partial charge in [-0.15, -0.1) is 0 Å². The number of nitrogens with one attached hydrogen (secondary N) is 1. The molecule has 0 aliphatic rings. The van der Waals surface area contributed by atoms with E-state index in [0.29, 0.717) is 16.8 Å². The van der Waals surface area contributed by atoms with Gasteiger partial charge >= 0.3 is 12.1 Å². The molecule has 0 aliphatic heterocycles. The third-order valence-electron chi connectivity index (χ3n) is 3.06. The van der Waals surface area contributed by atoms with Gasteiger partial charge < -0.3 is 10.4 Å². The van der Waals surface area contributed by atoms with Crippen molar-refractivity contribution in [2.75, 3.05) is 12.4 Å². The standard InChI is InChI=1S/C15H12F3NO2/c1-19-13-7-4-10(8-12(13)14(20)21)9-2-5-11(6-3-9)15(16,17)18/h2-8,19H,1H3,(H,20,21). The second-order valence-electron chi connectivity index (χ2n) is 4.39. The van der Waals surface area contributed by atoms with Gasteiger partial charge in [0.25, 0.3) is 0 Å². The minimum absolute atomic E-state index is 0.0647. The first-order valence-electron chi connectivity index (χ1n) is 6.05. The fraction of sp³-hybridized carbons (Fsp3) is 0.133. The van der Waals surface area contributed by atoms with Crippen LogP contribution in [0, 0.1) is 0 Å². The van der Waals surface area contributed by atoms with Crippen molar-refractivity contribution in [2.45, 2.75) is 6.18 Å². The smallest absolute Gasteiger partial charge is 0.416 e. The molecule has 2 aromatic rings. The van der Waals surface area contributed by atoms with Crippen LogP contribution in [0.5, 0.6) is 0 Å². The average Bonchev–Trinajstić information content (AvgIpc) is 2.45. The summed E-state index contributed by atoms with van der Waals surface area (Å²) in [5.41, 5.74) is 0.831. The Bertz CT molecular complexity index is 664. The lowest BCUT2D eigenvalue weighted by Gasteiger charge is -2.10. The predicted octanol–water partition coefficient (Wildman–Crippen LogP) is 4.11. The third-order valence-corrected chi connectivity index (χ3v) is 3.06. The summed E-state index contributed by atoms with van der Waals surface area (Å²) in [6, 6.07) is 9.25. The number of anilines is 1. The summed E-state index contributed by atoms with van der Waals surface area (Å²) >= 11 is 0. The van der Waals surface area contributed by atoms with Gasteiger partial charge in [-0.1, -0.05) is 18.2 Å². The van der Waals surface area contributed by atoms with E-state index in [0.717, 1.165) is 12.1 Å². The molecule has 2 aromatic carbocycles. The number of carboxylic acids is 1. The molecule has 0 unspecified atom stereocenters. The van der Waals surface area contributed by atoms with Gasteiger partial charge in [-0.3, -0.25) is 0 Å². The average molecular weight is 295 g/mol. The Balaban J connectivity index is 2.43. The quantitative estimate of drug-likeness (QED) is 0.895. The number of halogens is 3. The molecule has 0 bridgehead atoms. The molecule has 110 valence electrons. The van der Waals surface area contributed by atoms with Gasteiger partial charge in [0, 0.05) is 12.7 Å². The molecular weight excluding hydrogens is 283 g/mol. The van der Waals surface area contributed by atoms with Crippen LogP contribution in [-0.4, -0.2) is 18.1 Å². The SMILES string of the molecule is CNc1ccc(-c2ccc(C(F)(F)F)cc2)cc1C(=O)O. The summed E-state index contributed by atoms with van der Waals surface area (Å²) in [5, 5.41) is 11.9. The Morgan fingerprint density at radius 2 is 1.62 bits per heavy atom. The number of rotatable bonds is 3. The number of carboxylic acid groups (broad SMARTS) is 1. The van der Waals surface area contributed by atoms with Gasteiger partial charge in [-0.25, -0.2) is 4.79 Å². The molecule has 21 heavy (non-hydrogen) atoms. The molecule has 3 nitrogen and oxygen atoms in total. The van der Waals surface area contributed by atoms with E-state index in [2.05, 4.69) is 5.32 Å². The van der Waals surface area contributed by atoms with Crippen LogP contribution in [-0.2, 0) is 6.18 Å². The van der Waals surface area contributed by atoms with Gasteiger partial charge in [-0.05, 0) is 35.4 Å². The van der Waals surface area contributed by atoms with Crippen LogP contribution in [0.1, 0.15) is 15.9 Å². The fourth-order valence-electron chi connectivity index (χ4n) is 1.97. The van der Waals surface area contributed by atoms with E-state index in [-0.39, 0.29) is 5.56 Å². The summed E-state index contributed by atoms with van der Waals surface area (Å²) in [6.07, 6.45) is -4.39. The zero-order chi connectivity index (χ0) is 15.6. The first-order chi connectivity index (χ1) is 9.82. The molecule has 6 heteroatoms. The van der Waals surface area contributed by atoms with Gasteiger partial charge in [0.1, 0.15) is 0 Å². The maximum atomic E-state index is 12.5. The summed E-state index contributed by atoms with van der Waals surface area (Å²) in [6.45, 7) is 0. The van der Waals surface area contributed by atoms with Gasteiger partial charge in [-0.2, -0.15) is 13.2 Å². The van der Waals surface area contributed by atoms with Crippen molar-refractivity contribution >= 4 is 11.7 Å². The first-order valence-corrected chi connectivity index (χ1v) is 6.05. The lowest BCUT2D eigenvalue weighted by atomic mass is 10.0. The van der Waals surface area contributed by atoms with Crippen molar-refractivity contribution in [3.8, 4) is 11.1 Å². The van der Waals surface area contributed by atoms with E-state index >= 15 is 0 Å². The van der Waals surface area contributed by atoms with Crippen molar-refractivity contribution in [2.24, 2.45) is 0 Å². The minimum atomic E-state index is -4.39. The van der Waals surface area contributed by atoms with Crippen molar-refractivity contribution in [1.29, 1.82) is 0 Å². The molecule has 0 spiro atoms. The fourth-order valence-corrected chi connectivity index (χ4v) is 1.97. The van der Waals surface area contributed by atoms with Crippen molar-refractivity contribution in [3.63, 3.8) is 0 Å². The molecule has 0 saturated carbocycles. The van der Waals surface area contributed by atoms with E-state index in [1.54, 1.807) is 19.2 Å². The van der Waals surface area contributed by atoms with E-state index in [1.165, 1.54) is 18.2 Å². The Morgan fingerprint density at radius 1 is 1.05 bits per heavy atom. The van der Waals surface area contributed by atoms with E-state index < -0.39 is 17.7 Å². The van der Waals surface area contributed by atoms with Crippen molar-refractivity contribution in [1.82, 2.24) is 0 Å². The highest BCUT2D eigenvalue weighted by Gasteiger charge is 2.29. The van der Waals surface area contributed by atoms with Crippen LogP contribution in [0.4, 0.5) is 18.9 Å². The predicted molar refractivity (Wildman–Crippen MR) is 73.4 cm³/mol. The number of carbonyl (C=O) groups is 1. The molecule has 0 atom stereocenters. The largest absolute Gasteiger partial charge is 0.478 e. The molecule has 0 aliphatic carbocycles. The Labute approximate surface area is 119 Å². The maximum absolute atomic E-state index is 12.5. The molecule has 0 heterocycles. The lowest BCUT2D eigenvalue weighted by molar-refractivity contribution is -0.137. The summed E-state index contributed by atoms with van der Waals surface area (Å²) < 4.78 is 37.5. The summed E-state index contributed by atoms with van der Waals surface area (Å²) in [7, 11) is 1.60. The van der Waals surface area contributed by atoms with Crippen LogP contribution < -0.4 is 5.32 Å². The van der Waals surface area contributed by atoms with Crippen molar-refractivity contribution in [3.05, 3.63) is 53.6 Å². The Morgan fingerprint density at radius 3 is 2.10 bits per heavy atom. The van der Waals surface area contributed by atoms with Crippen LogP contribution >= 0.6 is 0 Å². The zero-order valence-electron chi connectivity index (χ0n) is 11.0. The second-order valence-corrected chi connectivity index (χ2v) is 4.39. The van der Waals surface area contributed by atoms with Gasteiger partial charge in [0.15, 0.2) is 0 Å². The first kappa shape index (κ1) is 14.9. The van der Waals surface area contributed by atoms with E-state index in [4.69, 9.17) is 5.11 Å². The minimum Gasteiger partial charge on any atom is -0.478 e. The van der Waals surface area contributed by atoms with Gasteiger partial charge in [0.05, 0.1) is 11.1 Å². The summed E-state index contributed by atoms with van der Waals surface area (Å²) in [4.78, 5) is 11.2. The van der Waals surface area contributed by atoms with Crippen LogP contribution in [0.25, 0.3) is 11.1 Å². The van der Waals surface area contributed by atoms with Crippen LogP contribution in [0.2, 0.25) is 0 Å². The van der Waals surface area contributed by atoms with Crippen LogP contribution in [0.15, 0.2) is 42.5 Å². The summed E-state index contributed by atoms with van der Waals surface area (Å²) in [5.74, 6) is -1.10. The number of benzene rings is 2. The molecule has 0 fully saturated rings. The highest BCUT2D eigenvalue weighted by Crippen LogP contribution is 2.31. The topological polar surface area (TPSA) is 49.3 Å². The molecule has 0 aromatic heterocycles. The third kappa shape index (κ3) is 3.16. The number of hydrogen-bond acceptors (Lipinski definition) is 2. The second kappa shape index (κ2) is 5.47. The van der Waals surface area contributed by atoms with E-state index in [1.807, 2.05) is 0 Å². The maximum Gasteiger partial charge on any atom is 0.416 e. The molecule has 0 radical (unpaired) electrons. The number of alkyl halides is 3. The number of aromatic carboxylic acids is 1. The normalized spacial score (nSPS) is 11.2. The molecular formula is C15H12F3NO2. The highest BCUT2D eigenvalue weighted by atomic mass is 19.4. The zero-order valence-corrected chi connectivity index (χ0v) is 11.0. The Kier molecular flexibility index (Phi) is 3.88. The van der Waals surface area contributed by atoms with Crippen LogP contribution in [0.3, 0.4) is 0 Å².